The minimum atomic E-state index is -0.820. The lowest BCUT2D eigenvalue weighted by molar-refractivity contribution is -0.127. The highest BCUT2D eigenvalue weighted by atomic mass is 35.5. The Balaban J connectivity index is 1.50. The molecule has 0 saturated heterocycles. The molecule has 3 rings (SSSR count). The molecule has 1 unspecified atom stereocenters. The largest absolute Gasteiger partial charge is 0.479 e. The molecule has 1 aromatic heterocycles. The second-order valence-corrected chi connectivity index (χ2v) is 7.80. The van der Waals surface area contributed by atoms with Crippen molar-refractivity contribution >= 4 is 52.6 Å². The number of ether oxygens (including phenoxy) is 2. The standard InChI is InChI=1S/C21H16Cl2N2O4S/c1-13(28-18-9-6-15(22)11-17(18)23)20(26)25-24-12-14-4-7-16(8-5-14)29-21(27)19-3-2-10-30-19/h2-13H,1H3,(H,25,26). The molecule has 9 heteroatoms. The molecule has 0 spiro atoms. The van der Waals surface area contributed by atoms with Gasteiger partial charge < -0.3 is 9.47 Å². The third-order valence-electron chi connectivity index (χ3n) is 3.77. The van der Waals surface area contributed by atoms with Gasteiger partial charge in [0.2, 0.25) is 0 Å². The first-order valence-corrected chi connectivity index (χ1v) is 10.4. The Bertz CT molecular complexity index is 1050. The number of nitrogens with zero attached hydrogens (tertiary/aromatic N) is 1. The number of benzene rings is 2. The summed E-state index contributed by atoms with van der Waals surface area (Å²) < 4.78 is 10.8. The molecule has 3 aromatic rings. The van der Waals surface area contributed by atoms with E-state index < -0.39 is 18.0 Å². The van der Waals surface area contributed by atoms with Crippen LogP contribution in [0.3, 0.4) is 0 Å². The third-order valence-corrected chi connectivity index (χ3v) is 5.15. The number of esters is 1. The van der Waals surface area contributed by atoms with Crippen molar-refractivity contribution in [2.45, 2.75) is 13.0 Å². The summed E-state index contributed by atoms with van der Waals surface area (Å²) in [7, 11) is 0. The topological polar surface area (TPSA) is 77.0 Å². The Hall–Kier alpha value is -2.87. The lowest BCUT2D eigenvalue weighted by atomic mass is 10.2. The summed E-state index contributed by atoms with van der Waals surface area (Å²) >= 11 is 13.2. The predicted molar refractivity (Wildman–Crippen MR) is 118 cm³/mol. The summed E-state index contributed by atoms with van der Waals surface area (Å²) in [6.45, 7) is 1.58. The van der Waals surface area contributed by atoms with Gasteiger partial charge in [-0.3, -0.25) is 4.79 Å². The van der Waals surface area contributed by atoms with Crippen LogP contribution in [0.2, 0.25) is 10.0 Å². The zero-order valence-corrected chi connectivity index (χ0v) is 18.0. The number of nitrogens with one attached hydrogen (secondary N) is 1. The number of halogens is 2. The fraction of sp³-hybridized carbons (Fsp3) is 0.0952. The molecule has 1 atom stereocenters. The van der Waals surface area contributed by atoms with Gasteiger partial charge in [-0.2, -0.15) is 5.10 Å². The van der Waals surface area contributed by atoms with Crippen LogP contribution in [-0.2, 0) is 4.79 Å². The van der Waals surface area contributed by atoms with Gasteiger partial charge in [0.1, 0.15) is 16.4 Å². The molecule has 1 N–H and O–H groups in total. The average Bonchev–Trinajstić information content (AvgIpc) is 3.26. The number of hydrazone groups is 1. The van der Waals surface area contributed by atoms with Gasteiger partial charge in [-0.25, -0.2) is 10.2 Å². The van der Waals surface area contributed by atoms with Crippen LogP contribution in [0.15, 0.2) is 65.1 Å². The summed E-state index contributed by atoms with van der Waals surface area (Å²) in [5.74, 6) is -0.0935. The number of thiophene rings is 1. The fourth-order valence-electron chi connectivity index (χ4n) is 2.25. The Morgan fingerprint density at radius 1 is 1.13 bits per heavy atom. The van der Waals surface area contributed by atoms with Crippen molar-refractivity contribution in [3.8, 4) is 11.5 Å². The van der Waals surface area contributed by atoms with E-state index in [1.54, 1.807) is 60.8 Å². The summed E-state index contributed by atoms with van der Waals surface area (Å²) in [5, 5.41) is 6.50. The Labute approximate surface area is 187 Å². The summed E-state index contributed by atoms with van der Waals surface area (Å²) in [6, 6.07) is 14.9. The van der Waals surface area contributed by atoms with E-state index in [1.165, 1.54) is 23.6 Å². The van der Waals surface area contributed by atoms with Crippen molar-refractivity contribution in [2.75, 3.05) is 0 Å². The van der Waals surface area contributed by atoms with Crippen molar-refractivity contribution in [1.82, 2.24) is 5.43 Å². The molecule has 0 aliphatic rings. The van der Waals surface area contributed by atoms with E-state index >= 15 is 0 Å². The normalized spacial score (nSPS) is 11.8. The van der Waals surface area contributed by atoms with Crippen LogP contribution in [0.1, 0.15) is 22.2 Å². The van der Waals surface area contributed by atoms with Gasteiger partial charge in [0.25, 0.3) is 5.91 Å². The number of amides is 1. The third kappa shape index (κ3) is 6.06. The van der Waals surface area contributed by atoms with E-state index in [0.29, 0.717) is 32.0 Å². The molecule has 2 aromatic carbocycles. The zero-order valence-electron chi connectivity index (χ0n) is 15.7. The molecule has 1 amide bonds. The van der Waals surface area contributed by atoms with Gasteiger partial charge in [-0.1, -0.05) is 29.3 Å². The predicted octanol–water partition coefficient (Wildman–Crippen LogP) is 5.19. The molecule has 6 nitrogen and oxygen atoms in total. The average molecular weight is 463 g/mol. The van der Waals surface area contributed by atoms with Crippen LogP contribution >= 0.6 is 34.5 Å². The SMILES string of the molecule is CC(Oc1ccc(Cl)cc1Cl)C(=O)NN=Cc1ccc(OC(=O)c2cccs2)cc1. The van der Waals surface area contributed by atoms with E-state index in [2.05, 4.69) is 10.5 Å². The van der Waals surface area contributed by atoms with Crippen LogP contribution in [0.25, 0.3) is 0 Å². The van der Waals surface area contributed by atoms with Crippen molar-refractivity contribution in [3.05, 3.63) is 80.5 Å². The summed E-state index contributed by atoms with van der Waals surface area (Å²) in [4.78, 5) is 24.6. The quantitative estimate of drug-likeness (QED) is 0.226. The van der Waals surface area contributed by atoms with Gasteiger partial charge in [0, 0.05) is 5.02 Å². The monoisotopic (exact) mass is 462 g/mol. The van der Waals surface area contributed by atoms with Crippen LogP contribution in [0.5, 0.6) is 11.5 Å². The van der Waals surface area contributed by atoms with Gasteiger partial charge in [-0.15, -0.1) is 11.3 Å². The maximum atomic E-state index is 12.1. The first kappa shape index (κ1) is 21.8. The minimum absolute atomic E-state index is 0.311. The van der Waals surface area contributed by atoms with Crippen LogP contribution < -0.4 is 14.9 Å². The molecule has 1 heterocycles. The van der Waals surface area contributed by atoms with Crippen molar-refractivity contribution < 1.29 is 19.1 Å². The van der Waals surface area contributed by atoms with E-state index in [-0.39, 0.29) is 0 Å². The second-order valence-electron chi connectivity index (χ2n) is 6.00. The Kier molecular flexibility index (Phi) is 7.46. The Morgan fingerprint density at radius 2 is 1.90 bits per heavy atom. The molecule has 0 saturated carbocycles. The maximum absolute atomic E-state index is 12.1. The molecule has 154 valence electrons. The van der Waals surface area contributed by atoms with Crippen LogP contribution in [0.4, 0.5) is 0 Å². The van der Waals surface area contributed by atoms with E-state index in [0.717, 1.165) is 0 Å². The number of carbonyl (C=O) groups is 2. The summed E-state index contributed by atoms with van der Waals surface area (Å²) in [6.07, 6.45) is 0.643. The molecular formula is C21H16Cl2N2O4S. The van der Waals surface area contributed by atoms with E-state index in [9.17, 15) is 9.59 Å². The molecule has 0 fully saturated rings. The highest BCUT2D eigenvalue weighted by molar-refractivity contribution is 7.12. The molecular weight excluding hydrogens is 447 g/mol. The second kappa shape index (κ2) is 10.2. The fourth-order valence-corrected chi connectivity index (χ4v) is 3.30. The molecule has 0 radical (unpaired) electrons. The Morgan fingerprint density at radius 3 is 2.57 bits per heavy atom. The highest BCUT2D eigenvalue weighted by Gasteiger charge is 2.15. The summed E-state index contributed by atoms with van der Waals surface area (Å²) in [5.41, 5.74) is 3.11. The van der Waals surface area contributed by atoms with Crippen LogP contribution in [0, 0.1) is 0 Å². The molecule has 0 aliphatic heterocycles. The number of carbonyl (C=O) groups excluding carboxylic acids is 2. The van der Waals surface area contributed by atoms with E-state index in [4.69, 9.17) is 32.7 Å². The highest BCUT2D eigenvalue weighted by Crippen LogP contribution is 2.28. The lowest BCUT2D eigenvalue weighted by Crippen LogP contribution is -2.33. The van der Waals surface area contributed by atoms with E-state index in [1.807, 2.05) is 0 Å². The number of hydrogen-bond donors (Lipinski definition) is 1. The number of hydrogen-bond acceptors (Lipinski definition) is 6. The first-order valence-electron chi connectivity index (χ1n) is 8.73. The maximum Gasteiger partial charge on any atom is 0.353 e. The van der Waals surface area contributed by atoms with Crippen LogP contribution in [-0.4, -0.2) is 24.2 Å². The van der Waals surface area contributed by atoms with Gasteiger partial charge in [0.05, 0.1) is 11.2 Å². The van der Waals surface area contributed by atoms with Crippen molar-refractivity contribution in [1.29, 1.82) is 0 Å². The first-order chi connectivity index (χ1) is 14.4. The zero-order chi connectivity index (χ0) is 21.5. The smallest absolute Gasteiger partial charge is 0.353 e. The molecule has 0 aliphatic carbocycles. The molecule has 0 bridgehead atoms. The van der Waals surface area contributed by atoms with Gasteiger partial charge in [-0.05, 0) is 66.4 Å². The van der Waals surface area contributed by atoms with Gasteiger partial charge >= 0.3 is 5.97 Å². The van der Waals surface area contributed by atoms with Gasteiger partial charge in [0.15, 0.2) is 6.10 Å². The minimum Gasteiger partial charge on any atom is -0.479 e. The lowest BCUT2D eigenvalue weighted by Gasteiger charge is -2.14. The number of rotatable bonds is 7. The van der Waals surface area contributed by atoms with Crippen molar-refractivity contribution in [2.24, 2.45) is 5.10 Å². The van der Waals surface area contributed by atoms with Crippen molar-refractivity contribution in [3.63, 3.8) is 0 Å². The molecule has 30 heavy (non-hydrogen) atoms.